The predicted molar refractivity (Wildman–Crippen MR) is 71.0 cm³/mol. The molecule has 0 spiro atoms. The molecule has 0 saturated carbocycles. The lowest BCUT2D eigenvalue weighted by Crippen LogP contribution is -2.32. The van der Waals surface area contributed by atoms with Gasteiger partial charge in [0.15, 0.2) is 0 Å². The van der Waals surface area contributed by atoms with Gasteiger partial charge in [-0.25, -0.2) is 4.98 Å². The van der Waals surface area contributed by atoms with Gasteiger partial charge < -0.3 is 10.6 Å². The molecule has 1 aromatic heterocycles. The minimum absolute atomic E-state index is 0.360. The summed E-state index contributed by atoms with van der Waals surface area (Å²) in [6.45, 7) is 10.7. The summed E-state index contributed by atoms with van der Waals surface area (Å²) in [4.78, 5) is 5.80. The van der Waals surface area contributed by atoms with E-state index in [1.54, 1.807) is 0 Å². The molecule has 1 rings (SSSR count). The summed E-state index contributed by atoms with van der Waals surface area (Å²) in [5, 5.41) is 8.06. The summed E-state index contributed by atoms with van der Waals surface area (Å²) in [7, 11) is 0. The second-order valence-electron chi connectivity index (χ2n) is 4.30. The van der Waals surface area contributed by atoms with Crippen molar-refractivity contribution in [2.75, 3.05) is 13.1 Å². The van der Waals surface area contributed by atoms with Gasteiger partial charge in [-0.2, -0.15) is 0 Å². The number of thiazole rings is 1. The van der Waals surface area contributed by atoms with Gasteiger partial charge in [-0.3, -0.25) is 0 Å². The Balaban J connectivity index is 2.26. The summed E-state index contributed by atoms with van der Waals surface area (Å²) in [6, 6.07) is 0.919. The summed E-state index contributed by atoms with van der Waals surface area (Å²) < 4.78 is 0. The van der Waals surface area contributed by atoms with E-state index in [0.29, 0.717) is 12.1 Å². The van der Waals surface area contributed by atoms with Crippen molar-refractivity contribution in [3.63, 3.8) is 0 Å². The molecule has 92 valence electrons. The molecule has 0 radical (unpaired) electrons. The van der Waals surface area contributed by atoms with Gasteiger partial charge in [0.1, 0.15) is 5.01 Å². The van der Waals surface area contributed by atoms with Crippen molar-refractivity contribution in [2.45, 2.75) is 46.2 Å². The highest BCUT2D eigenvalue weighted by Crippen LogP contribution is 2.19. The average molecular weight is 241 g/mol. The van der Waals surface area contributed by atoms with Crippen molar-refractivity contribution in [3.05, 3.63) is 16.1 Å². The van der Waals surface area contributed by atoms with E-state index >= 15 is 0 Å². The molecular weight excluding hydrogens is 218 g/mol. The first-order valence-corrected chi connectivity index (χ1v) is 6.86. The van der Waals surface area contributed by atoms with Crippen molar-refractivity contribution < 1.29 is 0 Å². The molecule has 0 amide bonds. The zero-order chi connectivity index (χ0) is 12.0. The number of nitrogens with one attached hydrogen (secondary N) is 2. The van der Waals surface area contributed by atoms with E-state index in [0.717, 1.165) is 19.5 Å². The van der Waals surface area contributed by atoms with Crippen molar-refractivity contribution >= 4 is 11.3 Å². The molecule has 0 aliphatic heterocycles. The maximum Gasteiger partial charge on any atom is 0.109 e. The first kappa shape index (κ1) is 13.6. The van der Waals surface area contributed by atoms with Gasteiger partial charge in [0.2, 0.25) is 0 Å². The van der Waals surface area contributed by atoms with Crippen LogP contribution in [0.4, 0.5) is 0 Å². The predicted octanol–water partition coefficient (Wildman–Crippen LogP) is 2.35. The van der Waals surface area contributed by atoms with Crippen LogP contribution in [-0.2, 0) is 6.42 Å². The molecule has 1 aromatic rings. The van der Waals surface area contributed by atoms with E-state index < -0.39 is 0 Å². The second kappa shape index (κ2) is 6.99. The largest absolute Gasteiger partial charge is 0.313 e. The van der Waals surface area contributed by atoms with Crippen LogP contribution >= 0.6 is 11.3 Å². The fourth-order valence-electron chi connectivity index (χ4n) is 1.42. The van der Waals surface area contributed by atoms with Gasteiger partial charge in [0.25, 0.3) is 0 Å². The lowest BCUT2D eigenvalue weighted by atomic mass is 10.3. The Hall–Kier alpha value is -0.450. The lowest BCUT2D eigenvalue weighted by Gasteiger charge is -2.12. The standard InChI is InChI=1S/C12H23N3S/c1-5-11-8-15-12(16-11)10(4)14-7-6-13-9(2)3/h8-10,13-14H,5-7H2,1-4H3. The summed E-state index contributed by atoms with van der Waals surface area (Å²) >= 11 is 1.81. The molecule has 4 heteroatoms. The zero-order valence-electron chi connectivity index (χ0n) is 10.7. The minimum Gasteiger partial charge on any atom is -0.313 e. The maximum atomic E-state index is 4.44. The van der Waals surface area contributed by atoms with Crippen LogP contribution in [0.25, 0.3) is 0 Å². The Labute approximate surface area is 103 Å². The first-order chi connectivity index (χ1) is 7.63. The van der Waals surface area contributed by atoms with Crippen molar-refractivity contribution in [2.24, 2.45) is 0 Å². The van der Waals surface area contributed by atoms with Crippen LogP contribution in [0.1, 0.15) is 43.6 Å². The van der Waals surface area contributed by atoms with Crippen LogP contribution in [0.3, 0.4) is 0 Å². The Morgan fingerprint density at radius 3 is 2.50 bits per heavy atom. The Morgan fingerprint density at radius 1 is 1.25 bits per heavy atom. The highest BCUT2D eigenvalue weighted by molar-refractivity contribution is 7.11. The number of hydrogen-bond acceptors (Lipinski definition) is 4. The number of rotatable bonds is 7. The van der Waals surface area contributed by atoms with E-state index in [9.17, 15) is 0 Å². The molecule has 3 nitrogen and oxygen atoms in total. The van der Waals surface area contributed by atoms with Crippen molar-refractivity contribution in [3.8, 4) is 0 Å². The molecule has 1 heterocycles. The molecule has 0 aliphatic rings. The zero-order valence-corrected chi connectivity index (χ0v) is 11.5. The average Bonchev–Trinajstić information content (AvgIpc) is 2.72. The third kappa shape index (κ3) is 4.60. The van der Waals surface area contributed by atoms with Crippen LogP contribution in [0.2, 0.25) is 0 Å². The van der Waals surface area contributed by atoms with Crippen LogP contribution < -0.4 is 10.6 Å². The Bertz CT molecular complexity index is 296. The second-order valence-corrected chi connectivity index (χ2v) is 5.45. The van der Waals surface area contributed by atoms with Gasteiger partial charge in [0, 0.05) is 30.2 Å². The van der Waals surface area contributed by atoms with Crippen molar-refractivity contribution in [1.29, 1.82) is 0 Å². The molecule has 0 aromatic carbocycles. The molecule has 2 N–H and O–H groups in total. The van der Waals surface area contributed by atoms with Crippen LogP contribution in [0.15, 0.2) is 6.20 Å². The Kier molecular flexibility index (Phi) is 5.95. The summed E-state index contributed by atoms with van der Waals surface area (Å²) in [5.41, 5.74) is 0. The number of hydrogen-bond donors (Lipinski definition) is 2. The van der Waals surface area contributed by atoms with E-state index in [1.165, 1.54) is 9.88 Å². The molecule has 1 atom stereocenters. The van der Waals surface area contributed by atoms with Gasteiger partial charge in [-0.05, 0) is 13.3 Å². The molecule has 16 heavy (non-hydrogen) atoms. The molecule has 0 saturated heterocycles. The van der Waals surface area contributed by atoms with E-state index in [2.05, 4.69) is 43.3 Å². The third-order valence-electron chi connectivity index (χ3n) is 2.42. The number of aromatic nitrogens is 1. The molecule has 0 bridgehead atoms. The van der Waals surface area contributed by atoms with Crippen LogP contribution in [-0.4, -0.2) is 24.1 Å². The molecule has 0 fully saturated rings. The van der Waals surface area contributed by atoms with Gasteiger partial charge in [-0.1, -0.05) is 20.8 Å². The number of aryl methyl sites for hydroxylation is 1. The quantitative estimate of drug-likeness (QED) is 0.720. The summed E-state index contributed by atoms with van der Waals surface area (Å²) in [5.74, 6) is 0. The first-order valence-electron chi connectivity index (χ1n) is 6.04. The van der Waals surface area contributed by atoms with Gasteiger partial charge in [-0.15, -0.1) is 11.3 Å². The SMILES string of the molecule is CCc1cnc(C(C)NCCNC(C)C)s1. The molecular formula is C12H23N3S. The number of nitrogens with zero attached hydrogens (tertiary/aromatic N) is 1. The highest BCUT2D eigenvalue weighted by Gasteiger charge is 2.08. The maximum absolute atomic E-state index is 4.44. The van der Waals surface area contributed by atoms with Crippen molar-refractivity contribution in [1.82, 2.24) is 15.6 Å². The highest BCUT2D eigenvalue weighted by atomic mass is 32.1. The normalized spacial score (nSPS) is 13.3. The molecule has 1 unspecified atom stereocenters. The topological polar surface area (TPSA) is 37.0 Å². The van der Waals surface area contributed by atoms with Gasteiger partial charge >= 0.3 is 0 Å². The van der Waals surface area contributed by atoms with Crippen LogP contribution in [0.5, 0.6) is 0 Å². The van der Waals surface area contributed by atoms with Crippen LogP contribution in [0, 0.1) is 0 Å². The van der Waals surface area contributed by atoms with E-state index in [4.69, 9.17) is 0 Å². The van der Waals surface area contributed by atoms with E-state index in [-0.39, 0.29) is 0 Å². The molecule has 0 aliphatic carbocycles. The lowest BCUT2D eigenvalue weighted by molar-refractivity contribution is 0.517. The minimum atomic E-state index is 0.360. The third-order valence-corrected chi connectivity index (χ3v) is 3.74. The monoisotopic (exact) mass is 241 g/mol. The fourth-order valence-corrected chi connectivity index (χ4v) is 2.31. The fraction of sp³-hybridized carbons (Fsp3) is 0.750. The van der Waals surface area contributed by atoms with Gasteiger partial charge in [0.05, 0.1) is 6.04 Å². The van der Waals surface area contributed by atoms with E-state index in [1.807, 2.05) is 17.5 Å². The smallest absolute Gasteiger partial charge is 0.109 e. The summed E-state index contributed by atoms with van der Waals surface area (Å²) in [6.07, 6.45) is 3.07. The Morgan fingerprint density at radius 2 is 1.94 bits per heavy atom.